The van der Waals surface area contributed by atoms with Crippen LogP contribution in [0, 0.1) is 0 Å². The van der Waals surface area contributed by atoms with Gasteiger partial charge in [0, 0.05) is 19.0 Å². The van der Waals surface area contributed by atoms with Gasteiger partial charge in [-0.15, -0.1) is 4.73 Å². The van der Waals surface area contributed by atoms with Crippen LogP contribution in [0.25, 0.3) is 10.8 Å². The van der Waals surface area contributed by atoms with E-state index < -0.39 is 17.3 Å². The fourth-order valence-electron chi connectivity index (χ4n) is 2.22. The second-order valence-corrected chi connectivity index (χ2v) is 4.94. The van der Waals surface area contributed by atoms with E-state index >= 15 is 0 Å². The van der Waals surface area contributed by atoms with Crippen LogP contribution in [0.4, 0.5) is 0 Å². The quantitative estimate of drug-likeness (QED) is 0.841. The van der Waals surface area contributed by atoms with Crippen LogP contribution in [0.5, 0.6) is 5.88 Å². The number of amides is 1. The minimum atomic E-state index is -0.754. The van der Waals surface area contributed by atoms with E-state index in [9.17, 15) is 19.9 Å². The first-order chi connectivity index (χ1) is 9.99. The molecule has 0 spiro atoms. The molecule has 0 aliphatic carbocycles. The Labute approximate surface area is 121 Å². The molecule has 112 valence electrons. The third kappa shape index (κ3) is 2.56. The number of hydrogen-bond acceptors (Lipinski definition) is 4. The van der Waals surface area contributed by atoms with E-state index in [4.69, 9.17) is 0 Å². The predicted octanol–water partition coefficient (Wildman–Crippen LogP) is 1.82. The number of carbonyl (C=O) groups excluding carboxylic acids is 1. The highest BCUT2D eigenvalue weighted by Crippen LogP contribution is 2.25. The Hall–Kier alpha value is -2.50. The van der Waals surface area contributed by atoms with Crippen molar-refractivity contribution in [3.8, 4) is 5.88 Å². The summed E-state index contributed by atoms with van der Waals surface area (Å²) in [5, 5.41) is 20.2. The Morgan fingerprint density at radius 2 is 1.90 bits per heavy atom. The van der Waals surface area contributed by atoms with Gasteiger partial charge in [-0.1, -0.05) is 31.5 Å². The molecule has 2 aromatic rings. The van der Waals surface area contributed by atoms with E-state index in [-0.39, 0.29) is 15.7 Å². The number of fused-ring (bicyclic) bond motifs is 1. The molecule has 0 radical (unpaired) electrons. The van der Waals surface area contributed by atoms with Crippen LogP contribution in [-0.2, 0) is 0 Å². The molecule has 0 saturated heterocycles. The first-order valence-electron chi connectivity index (χ1n) is 6.80. The average Bonchev–Trinajstić information content (AvgIpc) is 2.50. The molecule has 6 nitrogen and oxygen atoms in total. The average molecular weight is 290 g/mol. The number of pyridine rings is 1. The summed E-state index contributed by atoms with van der Waals surface area (Å²) in [6.45, 7) is 2.55. The molecule has 0 aliphatic rings. The van der Waals surface area contributed by atoms with E-state index in [1.54, 1.807) is 25.2 Å². The van der Waals surface area contributed by atoms with E-state index in [0.29, 0.717) is 11.9 Å². The van der Waals surface area contributed by atoms with Crippen molar-refractivity contribution in [2.45, 2.75) is 19.8 Å². The number of carbonyl (C=O) groups is 1. The lowest BCUT2D eigenvalue weighted by Crippen LogP contribution is -2.30. The van der Waals surface area contributed by atoms with Crippen molar-refractivity contribution in [2.24, 2.45) is 0 Å². The number of aromatic nitrogens is 1. The Bertz CT molecular complexity index is 736. The molecule has 0 bridgehead atoms. The third-order valence-electron chi connectivity index (χ3n) is 3.45. The van der Waals surface area contributed by atoms with Gasteiger partial charge in [0.15, 0.2) is 0 Å². The maximum Gasteiger partial charge on any atom is 0.294 e. The van der Waals surface area contributed by atoms with Crippen LogP contribution in [0.1, 0.15) is 30.1 Å². The zero-order valence-corrected chi connectivity index (χ0v) is 12.0. The summed E-state index contributed by atoms with van der Waals surface area (Å²) in [4.78, 5) is 25.8. The third-order valence-corrected chi connectivity index (χ3v) is 3.45. The topological polar surface area (TPSA) is 82.8 Å². The molecule has 2 N–H and O–H groups in total. The molecule has 1 heterocycles. The van der Waals surface area contributed by atoms with Crippen LogP contribution in [-0.4, -0.2) is 39.4 Å². The van der Waals surface area contributed by atoms with Crippen molar-refractivity contribution >= 4 is 16.7 Å². The van der Waals surface area contributed by atoms with Gasteiger partial charge in [-0.3, -0.25) is 9.59 Å². The molecule has 1 aromatic carbocycles. The highest BCUT2D eigenvalue weighted by atomic mass is 16.5. The summed E-state index contributed by atoms with van der Waals surface area (Å²) in [6, 6.07) is 6.39. The van der Waals surface area contributed by atoms with Crippen LogP contribution >= 0.6 is 0 Å². The summed E-state index contributed by atoms with van der Waals surface area (Å²) in [6.07, 6.45) is 1.77. The lowest BCUT2D eigenvalue weighted by molar-refractivity contribution is 0.0779. The molecule has 0 saturated carbocycles. The highest BCUT2D eigenvalue weighted by molar-refractivity contribution is 6.08. The van der Waals surface area contributed by atoms with Crippen molar-refractivity contribution in [1.82, 2.24) is 9.63 Å². The predicted molar refractivity (Wildman–Crippen MR) is 78.9 cm³/mol. The molecular formula is C15H18N2O4. The van der Waals surface area contributed by atoms with E-state index in [1.165, 1.54) is 11.0 Å². The van der Waals surface area contributed by atoms with Gasteiger partial charge >= 0.3 is 0 Å². The second kappa shape index (κ2) is 5.87. The molecule has 0 atom stereocenters. The minimum absolute atomic E-state index is 0.0636. The van der Waals surface area contributed by atoms with E-state index in [1.807, 2.05) is 6.92 Å². The Morgan fingerprint density at radius 1 is 1.29 bits per heavy atom. The van der Waals surface area contributed by atoms with Gasteiger partial charge in [0.25, 0.3) is 11.5 Å². The summed E-state index contributed by atoms with van der Waals surface area (Å²) < 4.78 is 0.114. The van der Waals surface area contributed by atoms with Crippen LogP contribution in [0.15, 0.2) is 29.1 Å². The molecular weight excluding hydrogens is 272 g/mol. The number of hydrogen-bond donors (Lipinski definition) is 2. The van der Waals surface area contributed by atoms with Gasteiger partial charge in [-0.2, -0.15) is 0 Å². The van der Waals surface area contributed by atoms with Crippen LogP contribution in [0.3, 0.4) is 0 Å². The molecule has 6 heteroatoms. The van der Waals surface area contributed by atoms with Gasteiger partial charge < -0.3 is 15.2 Å². The molecule has 1 amide bonds. The Morgan fingerprint density at radius 3 is 2.52 bits per heavy atom. The van der Waals surface area contributed by atoms with E-state index in [0.717, 1.165) is 12.8 Å². The zero-order valence-electron chi connectivity index (χ0n) is 12.0. The number of nitrogens with zero attached hydrogens (tertiary/aromatic N) is 2. The Kier molecular flexibility index (Phi) is 4.16. The highest BCUT2D eigenvalue weighted by Gasteiger charge is 2.23. The van der Waals surface area contributed by atoms with Crippen LogP contribution < -0.4 is 5.56 Å². The zero-order chi connectivity index (χ0) is 15.6. The summed E-state index contributed by atoms with van der Waals surface area (Å²) in [7, 11) is 1.62. The van der Waals surface area contributed by atoms with E-state index in [2.05, 4.69) is 0 Å². The summed E-state index contributed by atoms with van der Waals surface area (Å²) in [5.74, 6) is -1.16. The molecule has 0 fully saturated rings. The lowest BCUT2D eigenvalue weighted by atomic mass is 10.1. The van der Waals surface area contributed by atoms with Gasteiger partial charge in [0.1, 0.15) is 5.56 Å². The number of rotatable bonds is 4. The number of benzene rings is 1. The fraction of sp³-hybridized carbons (Fsp3) is 0.333. The maximum absolute atomic E-state index is 12.5. The molecule has 21 heavy (non-hydrogen) atoms. The van der Waals surface area contributed by atoms with Crippen LogP contribution in [0.2, 0.25) is 0 Å². The summed E-state index contributed by atoms with van der Waals surface area (Å²) in [5.41, 5.74) is -0.817. The first-order valence-corrected chi connectivity index (χ1v) is 6.80. The molecule has 1 aromatic heterocycles. The standard InChI is InChI=1S/C15H18N2O4/c1-3-4-9-16(2)14(19)12-10-7-5-6-8-11(10)13(18)17(21)15(12)20/h5-8,20-21H,3-4,9H2,1-2H3. The molecule has 0 aliphatic heterocycles. The first kappa shape index (κ1) is 14.9. The number of unbranched alkanes of at least 4 members (excludes halogenated alkanes) is 1. The summed E-state index contributed by atoms with van der Waals surface area (Å²) >= 11 is 0. The van der Waals surface area contributed by atoms with Gasteiger partial charge in [0.2, 0.25) is 5.88 Å². The SMILES string of the molecule is CCCCN(C)C(=O)c1c(O)n(O)c(=O)c2ccccc12. The number of aromatic hydroxyl groups is 1. The van der Waals surface area contributed by atoms with Gasteiger partial charge in [0.05, 0.1) is 5.39 Å². The lowest BCUT2D eigenvalue weighted by Gasteiger charge is -2.19. The van der Waals surface area contributed by atoms with Crippen molar-refractivity contribution < 1.29 is 15.1 Å². The largest absolute Gasteiger partial charge is 0.492 e. The van der Waals surface area contributed by atoms with Crippen molar-refractivity contribution in [2.75, 3.05) is 13.6 Å². The van der Waals surface area contributed by atoms with Crippen molar-refractivity contribution in [3.63, 3.8) is 0 Å². The molecule has 2 rings (SSSR count). The maximum atomic E-state index is 12.5. The fourth-order valence-corrected chi connectivity index (χ4v) is 2.22. The van der Waals surface area contributed by atoms with Crippen molar-refractivity contribution in [3.05, 3.63) is 40.2 Å². The smallest absolute Gasteiger partial charge is 0.294 e. The second-order valence-electron chi connectivity index (χ2n) is 4.94. The van der Waals surface area contributed by atoms with Gasteiger partial charge in [-0.05, 0) is 12.5 Å². The van der Waals surface area contributed by atoms with Crippen molar-refractivity contribution in [1.29, 1.82) is 0 Å². The monoisotopic (exact) mass is 290 g/mol. The molecule has 0 unspecified atom stereocenters. The normalized spacial score (nSPS) is 10.8. The Balaban J connectivity index is 2.63. The minimum Gasteiger partial charge on any atom is -0.492 e. The van der Waals surface area contributed by atoms with Gasteiger partial charge in [-0.25, -0.2) is 0 Å².